The number of hydroxylamine groups is 1. The number of nitrogens with one attached hydrogen (secondary N) is 1. The van der Waals surface area contributed by atoms with E-state index < -0.39 is 5.97 Å². The number of rotatable bonds is 7. The lowest BCUT2D eigenvalue weighted by Gasteiger charge is -2.24. The second-order valence-corrected chi connectivity index (χ2v) is 8.03. The van der Waals surface area contributed by atoms with Crippen molar-refractivity contribution in [1.29, 1.82) is 0 Å². The van der Waals surface area contributed by atoms with Crippen molar-refractivity contribution < 1.29 is 19.5 Å². The van der Waals surface area contributed by atoms with Gasteiger partial charge in [0.2, 0.25) is 0 Å². The minimum absolute atomic E-state index is 0.233. The molecule has 2 saturated heterocycles. The van der Waals surface area contributed by atoms with Crippen LogP contribution in [0.3, 0.4) is 0 Å². The summed E-state index contributed by atoms with van der Waals surface area (Å²) in [5, 5.41) is 9.02. The molecule has 2 heterocycles. The highest BCUT2D eigenvalue weighted by atomic mass is 16.7. The summed E-state index contributed by atoms with van der Waals surface area (Å²) in [7, 11) is 0. The molecule has 1 aromatic rings. The van der Waals surface area contributed by atoms with Crippen molar-refractivity contribution in [2.75, 3.05) is 0 Å². The number of aryl methyl sites for hydroxylation is 1. The van der Waals surface area contributed by atoms with Gasteiger partial charge in [0, 0.05) is 12.1 Å². The highest BCUT2D eigenvalue weighted by Crippen LogP contribution is 2.44. The molecule has 0 spiro atoms. The van der Waals surface area contributed by atoms with Crippen molar-refractivity contribution in [1.82, 2.24) is 5.48 Å². The molecule has 3 aliphatic rings. The maximum atomic E-state index is 11.0. The summed E-state index contributed by atoms with van der Waals surface area (Å²) >= 11 is 0. The highest BCUT2D eigenvalue weighted by Gasteiger charge is 2.44. The first-order chi connectivity index (χ1) is 13.2. The van der Waals surface area contributed by atoms with E-state index in [1.807, 2.05) is 12.1 Å². The number of fused-ring (bicyclic) bond motifs is 2. The van der Waals surface area contributed by atoms with Gasteiger partial charge in [-0.2, -0.15) is 0 Å². The zero-order valence-electron chi connectivity index (χ0n) is 15.7. The Labute approximate surface area is 160 Å². The molecular weight excluding hydrogens is 342 g/mol. The van der Waals surface area contributed by atoms with Crippen molar-refractivity contribution >= 4 is 5.97 Å². The molecule has 5 nitrogen and oxygen atoms in total. The van der Waals surface area contributed by atoms with E-state index in [2.05, 4.69) is 11.7 Å². The van der Waals surface area contributed by atoms with E-state index in [0.717, 1.165) is 38.5 Å². The number of ether oxygens (including phenoxy) is 1. The van der Waals surface area contributed by atoms with E-state index in [0.29, 0.717) is 23.7 Å². The van der Waals surface area contributed by atoms with Gasteiger partial charge < -0.3 is 9.84 Å². The Morgan fingerprint density at radius 1 is 1.15 bits per heavy atom. The first kappa shape index (κ1) is 18.5. The molecule has 146 valence electrons. The third-order valence-electron chi connectivity index (χ3n) is 6.26. The lowest BCUT2D eigenvalue weighted by Crippen LogP contribution is -2.25. The van der Waals surface area contributed by atoms with Gasteiger partial charge in [-0.05, 0) is 61.8 Å². The number of carboxylic acids is 1. The molecule has 3 fully saturated rings. The lowest BCUT2D eigenvalue weighted by molar-refractivity contribution is -0.0213. The fourth-order valence-electron chi connectivity index (χ4n) is 4.73. The Kier molecular flexibility index (Phi) is 5.79. The van der Waals surface area contributed by atoms with Crippen LogP contribution in [-0.4, -0.2) is 29.4 Å². The Balaban J connectivity index is 1.33. The molecule has 4 rings (SSSR count). The van der Waals surface area contributed by atoms with E-state index >= 15 is 0 Å². The molecule has 3 unspecified atom stereocenters. The molecule has 27 heavy (non-hydrogen) atoms. The third kappa shape index (κ3) is 4.36. The summed E-state index contributed by atoms with van der Waals surface area (Å²) in [5.41, 5.74) is 5.97. The summed E-state index contributed by atoms with van der Waals surface area (Å²) in [6.45, 7) is 0. The zero-order valence-corrected chi connectivity index (χ0v) is 15.7. The van der Waals surface area contributed by atoms with Crippen LogP contribution in [0.25, 0.3) is 0 Å². The van der Waals surface area contributed by atoms with Crippen LogP contribution in [0, 0.1) is 5.92 Å². The van der Waals surface area contributed by atoms with Gasteiger partial charge in [-0.15, -0.1) is 0 Å². The van der Waals surface area contributed by atoms with Crippen molar-refractivity contribution in [3.8, 4) is 0 Å². The average Bonchev–Trinajstić information content (AvgIpc) is 3.29. The van der Waals surface area contributed by atoms with Crippen LogP contribution >= 0.6 is 0 Å². The van der Waals surface area contributed by atoms with E-state index in [1.54, 1.807) is 12.1 Å². The first-order valence-electron chi connectivity index (χ1n) is 10.3. The SMILES string of the molecule is O=C(O)c1ccc(CCC2C(=CNOC3CCCCC3)C3CCC2O3)cc1. The van der Waals surface area contributed by atoms with Gasteiger partial charge in [-0.1, -0.05) is 31.4 Å². The van der Waals surface area contributed by atoms with Gasteiger partial charge in [0.15, 0.2) is 0 Å². The fraction of sp³-hybridized carbons (Fsp3) is 0.591. The Morgan fingerprint density at radius 3 is 2.67 bits per heavy atom. The van der Waals surface area contributed by atoms with E-state index in [9.17, 15) is 4.79 Å². The van der Waals surface area contributed by atoms with Crippen LogP contribution in [-0.2, 0) is 16.0 Å². The average molecular weight is 371 g/mol. The lowest BCUT2D eigenvalue weighted by atomic mass is 9.81. The largest absolute Gasteiger partial charge is 0.478 e. The van der Waals surface area contributed by atoms with E-state index in [1.165, 1.54) is 30.4 Å². The van der Waals surface area contributed by atoms with Crippen molar-refractivity contribution in [3.63, 3.8) is 0 Å². The van der Waals surface area contributed by atoms with Crippen molar-refractivity contribution in [2.24, 2.45) is 5.92 Å². The first-order valence-corrected chi connectivity index (χ1v) is 10.3. The predicted octanol–water partition coefficient (Wildman–Crippen LogP) is 4.23. The van der Waals surface area contributed by atoms with Gasteiger partial charge in [-0.25, -0.2) is 4.79 Å². The standard InChI is InChI=1S/C22H29NO4/c24-22(25)16-9-6-15(7-10-16)8-11-18-19(21-13-12-20(18)26-21)14-23-27-17-4-2-1-3-5-17/h6-7,9-10,14,17-18,20-21,23H,1-5,8,11-13H2,(H,24,25). The van der Waals surface area contributed by atoms with Crippen LogP contribution < -0.4 is 5.48 Å². The molecule has 5 heteroatoms. The number of hydrogen-bond donors (Lipinski definition) is 2. The molecule has 1 aromatic carbocycles. The smallest absolute Gasteiger partial charge is 0.335 e. The van der Waals surface area contributed by atoms with Crippen molar-refractivity contribution in [3.05, 3.63) is 47.2 Å². The molecule has 1 saturated carbocycles. The molecule has 0 amide bonds. The number of benzene rings is 1. The topological polar surface area (TPSA) is 67.8 Å². The summed E-state index contributed by atoms with van der Waals surface area (Å²) in [4.78, 5) is 16.8. The normalized spacial score (nSPS) is 29.3. The van der Waals surface area contributed by atoms with E-state index in [-0.39, 0.29) is 6.10 Å². The fourth-order valence-corrected chi connectivity index (χ4v) is 4.73. The van der Waals surface area contributed by atoms with Crippen LogP contribution in [0.4, 0.5) is 0 Å². The van der Waals surface area contributed by atoms with E-state index in [4.69, 9.17) is 14.7 Å². The molecule has 0 radical (unpaired) electrons. The van der Waals surface area contributed by atoms with Gasteiger partial charge in [0.25, 0.3) is 0 Å². The number of hydrogen-bond acceptors (Lipinski definition) is 4. The number of carboxylic acid groups (broad SMARTS) is 1. The van der Waals surface area contributed by atoms with Gasteiger partial charge in [-0.3, -0.25) is 10.3 Å². The summed E-state index contributed by atoms with van der Waals surface area (Å²) < 4.78 is 6.14. The van der Waals surface area contributed by atoms with Crippen molar-refractivity contribution in [2.45, 2.75) is 76.1 Å². The van der Waals surface area contributed by atoms with Crippen LogP contribution in [0.5, 0.6) is 0 Å². The Morgan fingerprint density at radius 2 is 1.93 bits per heavy atom. The maximum absolute atomic E-state index is 11.0. The second kappa shape index (κ2) is 8.44. The molecule has 2 bridgehead atoms. The molecule has 2 N–H and O–H groups in total. The quantitative estimate of drug-likeness (QED) is 0.702. The van der Waals surface area contributed by atoms with Crippen LogP contribution in [0.2, 0.25) is 0 Å². The molecule has 3 atom stereocenters. The van der Waals surface area contributed by atoms with Crippen LogP contribution in [0.1, 0.15) is 67.3 Å². The number of aromatic carboxylic acids is 1. The molecule has 1 aliphatic carbocycles. The molecule has 0 aromatic heterocycles. The number of carbonyl (C=O) groups is 1. The monoisotopic (exact) mass is 371 g/mol. The molecular formula is C22H29NO4. The Bertz CT molecular complexity index is 678. The highest BCUT2D eigenvalue weighted by molar-refractivity contribution is 5.87. The van der Waals surface area contributed by atoms with Gasteiger partial charge in [0.1, 0.15) is 0 Å². The zero-order chi connectivity index (χ0) is 18.6. The van der Waals surface area contributed by atoms with Gasteiger partial charge >= 0.3 is 5.97 Å². The minimum atomic E-state index is -0.877. The Hall–Kier alpha value is -1.85. The predicted molar refractivity (Wildman–Crippen MR) is 102 cm³/mol. The summed E-state index contributed by atoms with van der Waals surface area (Å²) in [6, 6.07) is 7.22. The summed E-state index contributed by atoms with van der Waals surface area (Å²) in [6.07, 6.45) is 13.3. The minimum Gasteiger partial charge on any atom is -0.478 e. The third-order valence-corrected chi connectivity index (χ3v) is 6.26. The second-order valence-electron chi connectivity index (χ2n) is 8.03. The summed E-state index contributed by atoms with van der Waals surface area (Å²) in [5.74, 6) is -0.456. The van der Waals surface area contributed by atoms with Gasteiger partial charge in [0.05, 0.1) is 23.9 Å². The van der Waals surface area contributed by atoms with Crippen LogP contribution in [0.15, 0.2) is 36.0 Å². The maximum Gasteiger partial charge on any atom is 0.335 e. The molecule has 2 aliphatic heterocycles.